The molecule has 18 heavy (non-hydrogen) atoms. The number of carbonyl (C=O) groups is 2. The van der Waals surface area contributed by atoms with Crippen molar-refractivity contribution in [3.05, 3.63) is 29.3 Å². The first kappa shape index (κ1) is 12.5. The van der Waals surface area contributed by atoms with E-state index >= 15 is 0 Å². The van der Waals surface area contributed by atoms with Crippen LogP contribution >= 0.6 is 11.3 Å². The summed E-state index contributed by atoms with van der Waals surface area (Å²) in [5.74, 6) is -0.611. The molecule has 0 fully saturated rings. The van der Waals surface area contributed by atoms with E-state index in [1.807, 2.05) is 24.3 Å². The van der Waals surface area contributed by atoms with E-state index in [1.165, 1.54) is 18.4 Å². The number of nitrogens with zero attached hydrogens (tertiary/aromatic N) is 1. The molecule has 2 rings (SSSR count). The number of aromatic nitrogens is 1. The molecule has 1 amide bonds. The highest BCUT2D eigenvalue weighted by molar-refractivity contribution is 7.20. The molecule has 0 radical (unpaired) electrons. The SMILES string of the molecule is COC(=O)CCNC(=O)c1nc2ccccc2s1. The summed E-state index contributed by atoms with van der Waals surface area (Å²) in [6, 6.07) is 7.55. The lowest BCUT2D eigenvalue weighted by Gasteiger charge is -2.01. The number of methoxy groups -OCH3 is 1. The average Bonchev–Trinajstić information content (AvgIpc) is 2.82. The Bertz CT molecular complexity index is 546. The normalized spacial score (nSPS) is 10.3. The van der Waals surface area contributed by atoms with Gasteiger partial charge in [0.05, 0.1) is 23.7 Å². The average molecular weight is 264 g/mol. The molecule has 1 aromatic carbocycles. The minimum atomic E-state index is -0.348. The fourth-order valence-corrected chi connectivity index (χ4v) is 2.31. The minimum absolute atomic E-state index is 0.160. The zero-order valence-corrected chi connectivity index (χ0v) is 10.6. The van der Waals surface area contributed by atoms with Crippen LogP contribution < -0.4 is 5.32 Å². The van der Waals surface area contributed by atoms with Crippen LogP contribution in [0.4, 0.5) is 0 Å². The number of para-hydroxylation sites is 1. The van der Waals surface area contributed by atoms with Crippen molar-refractivity contribution in [1.29, 1.82) is 0 Å². The molecule has 6 heteroatoms. The quantitative estimate of drug-likeness (QED) is 0.851. The Morgan fingerprint density at radius 1 is 1.39 bits per heavy atom. The Morgan fingerprint density at radius 2 is 2.17 bits per heavy atom. The molecule has 0 aliphatic carbocycles. The molecule has 0 spiro atoms. The van der Waals surface area contributed by atoms with E-state index in [2.05, 4.69) is 15.0 Å². The van der Waals surface area contributed by atoms with Crippen molar-refractivity contribution in [1.82, 2.24) is 10.3 Å². The number of carbonyl (C=O) groups excluding carboxylic acids is 2. The van der Waals surface area contributed by atoms with Gasteiger partial charge in [-0.05, 0) is 12.1 Å². The number of thiazole rings is 1. The summed E-state index contributed by atoms with van der Waals surface area (Å²) in [5, 5.41) is 3.04. The van der Waals surface area contributed by atoms with E-state index in [-0.39, 0.29) is 24.8 Å². The Balaban J connectivity index is 1.98. The maximum Gasteiger partial charge on any atom is 0.307 e. The highest BCUT2D eigenvalue weighted by Crippen LogP contribution is 2.21. The lowest BCUT2D eigenvalue weighted by molar-refractivity contribution is -0.140. The molecule has 1 N–H and O–H groups in total. The largest absolute Gasteiger partial charge is 0.469 e. The van der Waals surface area contributed by atoms with Gasteiger partial charge < -0.3 is 10.1 Å². The molecule has 1 aromatic heterocycles. The molecular weight excluding hydrogens is 252 g/mol. The number of amides is 1. The van der Waals surface area contributed by atoms with Gasteiger partial charge in [0.2, 0.25) is 0 Å². The zero-order chi connectivity index (χ0) is 13.0. The Hall–Kier alpha value is -1.95. The molecule has 0 saturated carbocycles. The zero-order valence-electron chi connectivity index (χ0n) is 9.80. The molecule has 5 nitrogen and oxygen atoms in total. The van der Waals surface area contributed by atoms with Gasteiger partial charge in [-0.25, -0.2) is 4.98 Å². The fraction of sp³-hybridized carbons (Fsp3) is 0.250. The van der Waals surface area contributed by atoms with Crippen LogP contribution in [0.2, 0.25) is 0 Å². The van der Waals surface area contributed by atoms with Crippen LogP contribution in [0.25, 0.3) is 10.2 Å². The predicted molar refractivity (Wildman–Crippen MR) is 68.6 cm³/mol. The number of ether oxygens (including phenoxy) is 1. The van der Waals surface area contributed by atoms with E-state index < -0.39 is 0 Å². The Kier molecular flexibility index (Phi) is 3.88. The second-order valence-electron chi connectivity index (χ2n) is 3.57. The third-order valence-corrected chi connectivity index (χ3v) is 3.37. The van der Waals surface area contributed by atoms with Gasteiger partial charge in [-0.15, -0.1) is 11.3 Å². The molecule has 0 saturated heterocycles. The number of nitrogens with one attached hydrogen (secondary N) is 1. The van der Waals surface area contributed by atoms with E-state index in [0.29, 0.717) is 5.01 Å². The number of hydrogen-bond donors (Lipinski definition) is 1. The number of benzene rings is 1. The standard InChI is InChI=1S/C12H12N2O3S/c1-17-10(15)6-7-13-11(16)12-14-8-4-2-3-5-9(8)18-12/h2-5H,6-7H2,1H3,(H,13,16). The maximum absolute atomic E-state index is 11.8. The van der Waals surface area contributed by atoms with Gasteiger partial charge in [-0.2, -0.15) is 0 Å². The highest BCUT2D eigenvalue weighted by atomic mass is 32.1. The molecule has 0 unspecified atom stereocenters. The van der Waals surface area contributed by atoms with Crippen molar-refractivity contribution in [3.8, 4) is 0 Å². The first-order valence-corrected chi connectivity index (χ1v) is 6.23. The van der Waals surface area contributed by atoms with Crippen LogP contribution in [0, 0.1) is 0 Å². The van der Waals surface area contributed by atoms with Crippen molar-refractivity contribution < 1.29 is 14.3 Å². The van der Waals surface area contributed by atoms with Crippen LogP contribution in [0.15, 0.2) is 24.3 Å². The minimum Gasteiger partial charge on any atom is -0.469 e. The number of rotatable bonds is 4. The summed E-state index contributed by atoms with van der Waals surface area (Å²) >= 11 is 1.33. The predicted octanol–water partition coefficient (Wildman–Crippen LogP) is 1.59. The Labute approximate surface area is 108 Å². The van der Waals surface area contributed by atoms with Crippen molar-refractivity contribution in [2.75, 3.05) is 13.7 Å². The van der Waals surface area contributed by atoms with Crippen molar-refractivity contribution >= 4 is 33.4 Å². The molecule has 0 bridgehead atoms. The van der Waals surface area contributed by atoms with E-state index in [0.717, 1.165) is 10.2 Å². The summed E-state index contributed by atoms with van der Waals surface area (Å²) < 4.78 is 5.45. The van der Waals surface area contributed by atoms with Gasteiger partial charge in [0, 0.05) is 6.54 Å². The van der Waals surface area contributed by atoms with Gasteiger partial charge in [-0.3, -0.25) is 9.59 Å². The van der Waals surface area contributed by atoms with E-state index in [9.17, 15) is 9.59 Å². The second-order valence-corrected chi connectivity index (χ2v) is 4.60. The molecule has 0 aliphatic rings. The highest BCUT2D eigenvalue weighted by Gasteiger charge is 2.11. The topological polar surface area (TPSA) is 68.3 Å². The first-order valence-electron chi connectivity index (χ1n) is 5.41. The van der Waals surface area contributed by atoms with Crippen LogP contribution in [-0.2, 0) is 9.53 Å². The summed E-state index contributed by atoms with van der Waals surface area (Å²) in [4.78, 5) is 26.9. The molecule has 0 aliphatic heterocycles. The molecule has 2 aromatic rings. The van der Waals surface area contributed by atoms with Gasteiger partial charge >= 0.3 is 5.97 Å². The van der Waals surface area contributed by atoms with E-state index in [1.54, 1.807) is 0 Å². The molecular formula is C12H12N2O3S. The molecule has 94 valence electrons. The van der Waals surface area contributed by atoms with Crippen LogP contribution in [-0.4, -0.2) is 30.5 Å². The third-order valence-electron chi connectivity index (χ3n) is 2.33. The number of hydrogen-bond acceptors (Lipinski definition) is 5. The Morgan fingerprint density at radius 3 is 2.89 bits per heavy atom. The fourth-order valence-electron chi connectivity index (χ4n) is 1.43. The summed E-state index contributed by atoms with van der Waals surface area (Å²) in [6.45, 7) is 0.251. The van der Waals surface area contributed by atoms with Gasteiger partial charge in [0.25, 0.3) is 5.91 Å². The summed E-state index contributed by atoms with van der Waals surface area (Å²) in [7, 11) is 1.32. The third kappa shape index (κ3) is 2.84. The van der Waals surface area contributed by atoms with Crippen LogP contribution in [0.5, 0.6) is 0 Å². The first-order chi connectivity index (χ1) is 8.70. The second kappa shape index (κ2) is 5.59. The van der Waals surface area contributed by atoms with Crippen LogP contribution in [0.1, 0.15) is 16.2 Å². The number of esters is 1. The summed E-state index contributed by atoms with van der Waals surface area (Å²) in [5.41, 5.74) is 0.806. The lowest BCUT2D eigenvalue weighted by Crippen LogP contribution is -2.26. The van der Waals surface area contributed by atoms with Crippen molar-refractivity contribution in [3.63, 3.8) is 0 Å². The van der Waals surface area contributed by atoms with Crippen molar-refractivity contribution in [2.45, 2.75) is 6.42 Å². The monoisotopic (exact) mass is 264 g/mol. The maximum atomic E-state index is 11.8. The van der Waals surface area contributed by atoms with Gasteiger partial charge in [-0.1, -0.05) is 12.1 Å². The van der Waals surface area contributed by atoms with E-state index in [4.69, 9.17) is 0 Å². The smallest absolute Gasteiger partial charge is 0.307 e. The number of fused-ring (bicyclic) bond motifs is 1. The van der Waals surface area contributed by atoms with Gasteiger partial charge in [0.15, 0.2) is 5.01 Å². The van der Waals surface area contributed by atoms with Crippen molar-refractivity contribution in [2.24, 2.45) is 0 Å². The molecule has 1 heterocycles. The lowest BCUT2D eigenvalue weighted by atomic mass is 10.3. The van der Waals surface area contributed by atoms with Crippen LogP contribution in [0.3, 0.4) is 0 Å². The summed E-state index contributed by atoms with van der Waals surface area (Å²) in [6.07, 6.45) is 0.160. The van der Waals surface area contributed by atoms with Gasteiger partial charge in [0.1, 0.15) is 0 Å². The molecule has 0 atom stereocenters.